The first-order valence-corrected chi connectivity index (χ1v) is 7.14. The maximum Gasteiger partial charge on any atom is 0.573 e. The molecule has 0 bridgehead atoms. The van der Waals surface area contributed by atoms with Crippen LogP contribution in [0.15, 0.2) is 28.6 Å². The molecule has 0 spiro atoms. The fraction of sp³-hybridized carbons (Fsp3) is 0.273. The summed E-state index contributed by atoms with van der Waals surface area (Å²) >= 11 is 2.71. The second-order valence-electron chi connectivity index (χ2n) is 3.78. The Bertz CT molecular complexity index is 571. The molecule has 1 heterocycles. The van der Waals surface area contributed by atoms with E-state index in [-0.39, 0.29) is 11.0 Å². The zero-order valence-electron chi connectivity index (χ0n) is 10.2. The molecule has 2 aromatic rings. The van der Waals surface area contributed by atoms with Gasteiger partial charge in [0.15, 0.2) is 4.34 Å². The summed E-state index contributed by atoms with van der Waals surface area (Å²) in [5, 5.41) is 7.98. The molecule has 0 aliphatic carbocycles. The van der Waals surface area contributed by atoms with E-state index in [1.165, 1.54) is 35.2 Å². The van der Waals surface area contributed by atoms with Crippen molar-refractivity contribution in [3.05, 3.63) is 29.8 Å². The van der Waals surface area contributed by atoms with Crippen LogP contribution in [0.4, 0.5) is 18.3 Å². The zero-order valence-corrected chi connectivity index (χ0v) is 11.9. The summed E-state index contributed by atoms with van der Waals surface area (Å²) in [6.07, 6.45) is -4.67. The highest BCUT2D eigenvalue weighted by Crippen LogP contribution is 2.37. The van der Waals surface area contributed by atoms with Gasteiger partial charge >= 0.3 is 6.36 Å². The lowest BCUT2D eigenvalue weighted by Crippen LogP contribution is -2.17. The molecule has 1 atom stereocenters. The Morgan fingerprint density at radius 2 is 1.90 bits per heavy atom. The molecule has 0 amide bonds. The Morgan fingerprint density at radius 3 is 2.40 bits per heavy atom. The van der Waals surface area contributed by atoms with Gasteiger partial charge < -0.3 is 10.5 Å². The number of nitrogen functional groups attached to an aromatic ring is 1. The third kappa shape index (κ3) is 4.27. The molecular formula is C11H10F3N3OS2. The van der Waals surface area contributed by atoms with E-state index in [0.717, 1.165) is 5.56 Å². The van der Waals surface area contributed by atoms with Gasteiger partial charge in [0.1, 0.15) is 5.75 Å². The molecule has 4 nitrogen and oxygen atoms in total. The van der Waals surface area contributed by atoms with Crippen molar-refractivity contribution in [1.82, 2.24) is 10.2 Å². The van der Waals surface area contributed by atoms with Gasteiger partial charge in [-0.15, -0.1) is 23.4 Å². The zero-order chi connectivity index (χ0) is 14.8. The minimum absolute atomic E-state index is 0.0160. The summed E-state index contributed by atoms with van der Waals surface area (Å²) in [6.45, 7) is 1.92. The SMILES string of the molecule is C[C@H](Sc1nnc(N)s1)c1ccc(OC(F)(F)F)cc1. The first-order valence-electron chi connectivity index (χ1n) is 5.45. The number of hydrogen-bond donors (Lipinski definition) is 1. The Hall–Kier alpha value is -1.48. The topological polar surface area (TPSA) is 61.0 Å². The minimum Gasteiger partial charge on any atom is -0.406 e. The lowest BCUT2D eigenvalue weighted by atomic mass is 10.2. The minimum atomic E-state index is -4.67. The molecule has 0 aliphatic rings. The Kier molecular flexibility index (Phi) is 4.39. The van der Waals surface area contributed by atoms with Crippen LogP contribution < -0.4 is 10.5 Å². The summed E-state index contributed by atoms with van der Waals surface area (Å²) in [6, 6.07) is 5.74. The molecule has 9 heteroatoms. The summed E-state index contributed by atoms with van der Waals surface area (Å²) in [4.78, 5) is 0. The first-order chi connectivity index (χ1) is 9.33. The highest BCUT2D eigenvalue weighted by atomic mass is 32.2. The van der Waals surface area contributed by atoms with Gasteiger partial charge in [-0.1, -0.05) is 35.2 Å². The number of ether oxygens (including phenoxy) is 1. The number of benzene rings is 1. The molecule has 108 valence electrons. The van der Waals surface area contributed by atoms with Crippen LogP contribution in [0.5, 0.6) is 5.75 Å². The Balaban J connectivity index is 2.02. The van der Waals surface area contributed by atoms with Crippen molar-refractivity contribution in [2.45, 2.75) is 22.9 Å². The van der Waals surface area contributed by atoms with Crippen LogP contribution in [0.1, 0.15) is 17.7 Å². The lowest BCUT2D eigenvalue weighted by Gasteiger charge is -2.12. The average Bonchev–Trinajstić information content (AvgIpc) is 2.73. The third-order valence-corrected chi connectivity index (χ3v) is 4.28. The molecule has 2 rings (SSSR count). The quantitative estimate of drug-likeness (QED) is 0.866. The van der Waals surface area contributed by atoms with Gasteiger partial charge in [0.05, 0.1) is 0 Å². The van der Waals surface area contributed by atoms with Gasteiger partial charge in [0.25, 0.3) is 0 Å². The van der Waals surface area contributed by atoms with Crippen molar-refractivity contribution >= 4 is 28.2 Å². The van der Waals surface area contributed by atoms with E-state index in [1.807, 2.05) is 6.92 Å². The van der Waals surface area contributed by atoms with E-state index in [4.69, 9.17) is 5.73 Å². The highest BCUT2D eigenvalue weighted by Gasteiger charge is 2.31. The molecule has 20 heavy (non-hydrogen) atoms. The summed E-state index contributed by atoms with van der Waals surface area (Å²) in [5.74, 6) is -0.237. The largest absolute Gasteiger partial charge is 0.573 e. The molecule has 0 saturated carbocycles. The van der Waals surface area contributed by atoms with Crippen LogP contribution >= 0.6 is 23.1 Å². The summed E-state index contributed by atoms with van der Waals surface area (Å²) in [5.41, 5.74) is 6.34. The number of hydrogen-bond acceptors (Lipinski definition) is 6. The van der Waals surface area contributed by atoms with E-state index < -0.39 is 6.36 Å². The summed E-state index contributed by atoms with van der Waals surface area (Å²) < 4.78 is 40.6. The molecule has 0 saturated heterocycles. The first kappa shape index (κ1) is 14.9. The smallest absolute Gasteiger partial charge is 0.406 e. The van der Waals surface area contributed by atoms with Crippen molar-refractivity contribution < 1.29 is 17.9 Å². The number of nitrogens with two attached hydrogens (primary N) is 1. The van der Waals surface area contributed by atoms with Crippen LogP contribution in [0.25, 0.3) is 0 Å². The molecule has 0 unspecified atom stereocenters. The normalized spacial score (nSPS) is 13.2. The number of rotatable bonds is 4. The van der Waals surface area contributed by atoms with Crippen LogP contribution in [0.3, 0.4) is 0 Å². The lowest BCUT2D eigenvalue weighted by molar-refractivity contribution is -0.274. The molecule has 0 fully saturated rings. The standard InChI is InChI=1S/C11H10F3N3OS2/c1-6(19-10-17-16-9(15)20-10)7-2-4-8(5-3-7)18-11(12,13)14/h2-6H,1H3,(H2,15,16)/t6-/m0/s1. The van der Waals surface area contributed by atoms with Crippen molar-refractivity contribution in [3.8, 4) is 5.75 Å². The monoisotopic (exact) mass is 321 g/mol. The highest BCUT2D eigenvalue weighted by molar-refractivity contribution is 8.01. The van der Waals surface area contributed by atoms with Gasteiger partial charge in [-0.3, -0.25) is 0 Å². The predicted octanol–water partition coefficient (Wildman–Crippen LogP) is 3.87. The van der Waals surface area contributed by atoms with Gasteiger partial charge in [-0.05, 0) is 24.6 Å². The van der Waals surface area contributed by atoms with E-state index >= 15 is 0 Å². The fourth-order valence-corrected chi connectivity index (χ4v) is 3.34. The van der Waals surface area contributed by atoms with Crippen LogP contribution in [-0.2, 0) is 0 Å². The van der Waals surface area contributed by atoms with E-state index in [2.05, 4.69) is 14.9 Å². The number of thioether (sulfide) groups is 1. The van der Waals surface area contributed by atoms with Crippen molar-refractivity contribution in [2.75, 3.05) is 5.73 Å². The number of alkyl halides is 3. The molecule has 0 radical (unpaired) electrons. The number of aromatic nitrogens is 2. The number of halogens is 3. The van der Waals surface area contributed by atoms with Gasteiger partial charge in [-0.2, -0.15) is 0 Å². The molecule has 0 aliphatic heterocycles. The molecular weight excluding hydrogens is 311 g/mol. The van der Waals surface area contributed by atoms with Crippen molar-refractivity contribution in [2.24, 2.45) is 0 Å². The van der Waals surface area contributed by atoms with Gasteiger partial charge in [0, 0.05) is 5.25 Å². The second kappa shape index (κ2) is 5.88. The molecule has 1 aromatic carbocycles. The van der Waals surface area contributed by atoms with E-state index in [0.29, 0.717) is 9.47 Å². The number of anilines is 1. The number of nitrogens with zero attached hydrogens (tertiary/aromatic N) is 2. The Morgan fingerprint density at radius 1 is 1.25 bits per heavy atom. The van der Waals surface area contributed by atoms with E-state index in [1.54, 1.807) is 12.1 Å². The predicted molar refractivity (Wildman–Crippen MR) is 71.7 cm³/mol. The van der Waals surface area contributed by atoms with E-state index in [9.17, 15) is 13.2 Å². The Labute approximate surface area is 121 Å². The molecule has 2 N–H and O–H groups in total. The van der Waals surface area contributed by atoms with Crippen molar-refractivity contribution in [1.29, 1.82) is 0 Å². The summed E-state index contributed by atoms with van der Waals surface area (Å²) in [7, 11) is 0. The fourth-order valence-electron chi connectivity index (χ4n) is 1.43. The third-order valence-electron chi connectivity index (χ3n) is 2.28. The van der Waals surface area contributed by atoms with Crippen LogP contribution in [0, 0.1) is 0 Å². The van der Waals surface area contributed by atoms with Crippen molar-refractivity contribution in [3.63, 3.8) is 0 Å². The average molecular weight is 321 g/mol. The van der Waals surface area contributed by atoms with Gasteiger partial charge in [-0.25, -0.2) is 0 Å². The maximum absolute atomic E-state index is 12.0. The van der Waals surface area contributed by atoms with Crippen LogP contribution in [0.2, 0.25) is 0 Å². The van der Waals surface area contributed by atoms with Crippen LogP contribution in [-0.4, -0.2) is 16.6 Å². The van der Waals surface area contributed by atoms with Gasteiger partial charge in [0.2, 0.25) is 5.13 Å². The molecule has 1 aromatic heterocycles. The maximum atomic E-state index is 12.0. The second-order valence-corrected chi connectivity index (χ2v) is 6.38.